The highest BCUT2D eigenvalue weighted by Gasteiger charge is 2.20. The molecule has 2 nitrogen and oxygen atoms in total. The van der Waals surface area contributed by atoms with Gasteiger partial charge in [0.05, 0.1) is 11.6 Å². The molecule has 0 aliphatic carbocycles. The number of rotatable bonds is 0. The monoisotopic (exact) mass is 309 g/mol. The number of halogens is 2. The minimum atomic E-state index is 0.0657. The average molecular weight is 310 g/mol. The summed E-state index contributed by atoms with van der Waals surface area (Å²) in [5.41, 5.74) is 6.97. The van der Waals surface area contributed by atoms with Gasteiger partial charge in [0.2, 0.25) is 0 Å². The highest BCUT2D eigenvalue weighted by molar-refractivity contribution is 14.1. The minimum absolute atomic E-state index is 0.0657. The van der Waals surface area contributed by atoms with E-state index in [2.05, 4.69) is 22.6 Å². The van der Waals surface area contributed by atoms with Gasteiger partial charge in [-0.05, 0) is 34.7 Å². The van der Waals surface area contributed by atoms with Crippen LogP contribution in [0.1, 0.15) is 18.0 Å². The topological polar surface area (TPSA) is 35.2 Å². The summed E-state index contributed by atoms with van der Waals surface area (Å²) in [7, 11) is 0. The van der Waals surface area contributed by atoms with Crippen LogP contribution in [0.25, 0.3) is 0 Å². The first-order valence-corrected chi connectivity index (χ1v) is 5.51. The van der Waals surface area contributed by atoms with Crippen LogP contribution in [0.2, 0.25) is 5.02 Å². The van der Waals surface area contributed by atoms with Crippen LogP contribution in [0.5, 0.6) is 5.75 Å². The summed E-state index contributed by atoms with van der Waals surface area (Å²) in [4.78, 5) is 0. The van der Waals surface area contributed by atoms with Gasteiger partial charge in [-0.3, -0.25) is 0 Å². The van der Waals surface area contributed by atoms with Crippen molar-refractivity contribution < 1.29 is 4.74 Å². The molecule has 4 heteroatoms. The van der Waals surface area contributed by atoms with E-state index in [1.165, 1.54) is 0 Å². The lowest BCUT2D eigenvalue weighted by Crippen LogP contribution is -2.20. The summed E-state index contributed by atoms with van der Waals surface area (Å²) in [6.07, 6.45) is 0.865. The maximum absolute atomic E-state index is 6.03. The largest absolute Gasteiger partial charge is 0.492 e. The van der Waals surface area contributed by atoms with Crippen LogP contribution < -0.4 is 10.5 Å². The molecule has 1 heterocycles. The van der Waals surface area contributed by atoms with Crippen molar-refractivity contribution >= 4 is 34.2 Å². The summed E-state index contributed by atoms with van der Waals surface area (Å²) < 4.78 is 6.56. The summed E-state index contributed by atoms with van der Waals surface area (Å²) >= 11 is 8.25. The first-order chi connectivity index (χ1) is 6.18. The van der Waals surface area contributed by atoms with Crippen LogP contribution in [-0.4, -0.2) is 6.61 Å². The van der Waals surface area contributed by atoms with Gasteiger partial charge in [0, 0.05) is 21.6 Å². The fourth-order valence-corrected chi connectivity index (χ4v) is 2.56. The molecule has 0 saturated carbocycles. The van der Waals surface area contributed by atoms with Crippen molar-refractivity contribution in [2.45, 2.75) is 12.5 Å². The van der Waals surface area contributed by atoms with Gasteiger partial charge in [-0.15, -0.1) is 0 Å². The van der Waals surface area contributed by atoms with E-state index < -0.39 is 0 Å². The molecule has 1 aliphatic heterocycles. The molecule has 1 aromatic carbocycles. The van der Waals surface area contributed by atoms with Crippen molar-refractivity contribution in [2.75, 3.05) is 6.61 Å². The fraction of sp³-hybridized carbons (Fsp3) is 0.333. The molecule has 0 amide bonds. The third-order valence-corrected chi connectivity index (χ3v) is 3.02. The van der Waals surface area contributed by atoms with Gasteiger partial charge in [0.15, 0.2) is 0 Å². The van der Waals surface area contributed by atoms with Crippen LogP contribution in [0.3, 0.4) is 0 Å². The van der Waals surface area contributed by atoms with Crippen molar-refractivity contribution in [1.29, 1.82) is 0 Å². The minimum Gasteiger partial charge on any atom is -0.492 e. The van der Waals surface area contributed by atoms with Crippen LogP contribution >= 0.6 is 34.2 Å². The van der Waals surface area contributed by atoms with E-state index in [0.29, 0.717) is 11.6 Å². The Morgan fingerprint density at radius 1 is 1.54 bits per heavy atom. The summed E-state index contributed by atoms with van der Waals surface area (Å²) in [6.45, 7) is 0.661. The van der Waals surface area contributed by atoms with E-state index in [1.807, 2.05) is 12.1 Å². The van der Waals surface area contributed by atoms with Crippen LogP contribution in [0.15, 0.2) is 12.1 Å². The Labute approximate surface area is 95.5 Å². The molecule has 2 N–H and O–H groups in total. The molecule has 0 bridgehead atoms. The van der Waals surface area contributed by atoms with E-state index >= 15 is 0 Å². The number of hydrogen-bond donors (Lipinski definition) is 1. The van der Waals surface area contributed by atoms with Gasteiger partial charge in [-0.2, -0.15) is 0 Å². The quantitative estimate of drug-likeness (QED) is 0.748. The molecule has 13 heavy (non-hydrogen) atoms. The summed E-state index contributed by atoms with van der Waals surface area (Å²) in [5, 5.41) is 0.664. The fourth-order valence-electron chi connectivity index (χ4n) is 1.45. The van der Waals surface area contributed by atoms with Gasteiger partial charge >= 0.3 is 0 Å². The summed E-state index contributed by atoms with van der Waals surface area (Å²) in [6, 6.07) is 3.99. The first kappa shape index (κ1) is 9.55. The zero-order valence-electron chi connectivity index (χ0n) is 6.89. The Morgan fingerprint density at radius 3 is 3.08 bits per heavy atom. The van der Waals surface area contributed by atoms with Crippen LogP contribution in [0.4, 0.5) is 0 Å². The lowest BCUT2D eigenvalue weighted by molar-refractivity contribution is 0.269. The van der Waals surface area contributed by atoms with E-state index in [9.17, 15) is 0 Å². The van der Waals surface area contributed by atoms with Crippen molar-refractivity contribution in [2.24, 2.45) is 5.73 Å². The first-order valence-electron chi connectivity index (χ1n) is 4.06. The molecule has 0 saturated heterocycles. The van der Waals surface area contributed by atoms with Gasteiger partial charge in [-0.25, -0.2) is 0 Å². The Morgan fingerprint density at radius 2 is 2.31 bits per heavy atom. The molecule has 0 radical (unpaired) electrons. The summed E-state index contributed by atoms with van der Waals surface area (Å²) in [5.74, 6) is 0.765. The molecule has 1 aliphatic rings. The zero-order valence-corrected chi connectivity index (χ0v) is 9.80. The second-order valence-electron chi connectivity index (χ2n) is 3.05. The van der Waals surface area contributed by atoms with Crippen LogP contribution in [-0.2, 0) is 0 Å². The van der Waals surface area contributed by atoms with Crippen molar-refractivity contribution in [3.8, 4) is 5.75 Å². The second kappa shape index (κ2) is 3.63. The molecule has 2 rings (SSSR count). The SMILES string of the molecule is N[C@@H]1CCOc2c(Cl)cc(I)cc21. The lowest BCUT2D eigenvalue weighted by Gasteiger charge is -2.23. The molecule has 0 aromatic heterocycles. The van der Waals surface area contributed by atoms with E-state index in [4.69, 9.17) is 22.1 Å². The molecule has 0 fully saturated rings. The molecular formula is C9H9ClINO. The normalized spacial score (nSPS) is 20.7. The lowest BCUT2D eigenvalue weighted by atomic mass is 10.0. The number of ether oxygens (including phenoxy) is 1. The molecule has 0 spiro atoms. The maximum Gasteiger partial charge on any atom is 0.142 e. The number of nitrogens with two attached hydrogens (primary N) is 1. The predicted octanol–water partition coefficient (Wildman–Crippen LogP) is 2.73. The Bertz CT molecular complexity index is 343. The van der Waals surface area contributed by atoms with Crippen molar-refractivity contribution in [3.05, 3.63) is 26.3 Å². The van der Waals surface area contributed by atoms with Crippen molar-refractivity contribution in [3.63, 3.8) is 0 Å². The Balaban J connectivity index is 2.56. The second-order valence-corrected chi connectivity index (χ2v) is 4.70. The van der Waals surface area contributed by atoms with Gasteiger partial charge in [0.25, 0.3) is 0 Å². The van der Waals surface area contributed by atoms with Gasteiger partial charge in [0.1, 0.15) is 5.75 Å². The number of benzene rings is 1. The smallest absolute Gasteiger partial charge is 0.142 e. The highest BCUT2D eigenvalue weighted by Crippen LogP contribution is 2.37. The highest BCUT2D eigenvalue weighted by atomic mass is 127. The van der Waals surface area contributed by atoms with Crippen LogP contribution in [0, 0.1) is 3.57 Å². The van der Waals surface area contributed by atoms with Crippen molar-refractivity contribution in [1.82, 2.24) is 0 Å². The Hall–Kier alpha value is -0.0000000000000000555. The third kappa shape index (κ3) is 1.78. The molecular weight excluding hydrogens is 300 g/mol. The Kier molecular flexibility index (Phi) is 2.67. The van der Waals surface area contributed by atoms with Gasteiger partial charge < -0.3 is 10.5 Å². The standard InChI is InChI=1S/C9H9ClINO/c10-7-4-5(11)3-6-8(12)1-2-13-9(6)7/h3-4,8H,1-2,12H2/t8-/m1/s1. The number of fused-ring (bicyclic) bond motifs is 1. The predicted molar refractivity (Wildman–Crippen MR) is 61.2 cm³/mol. The van der Waals surface area contributed by atoms with E-state index in [0.717, 1.165) is 21.3 Å². The van der Waals surface area contributed by atoms with Gasteiger partial charge in [-0.1, -0.05) is 11.6 Å². The average Bonchev–Trinajstić information content (AvgIpc) is 2.07. The molecule has 70 valence electrons. The maximum atomic E-state index is 6.03. The zero-order chi connectivity index (χ0) is 9.42. The molecule has 0 unspecified atom stereocenters. The molecule has 1 atom stereocenters. The third-order valence-electron chi connectivity index (χ3n) is 2.11. The molecule has 1 aromatic rings. The number of hydrogen-bond acceptors (Lipinski definition) is 2. The van der Waals surface area contributed by atoms with E-state index in [-0.39, 0.29) is 6.04 Å². The van der Waals surface area contributed by atoms with E-state index in [1.54, 1.807) is 0 Å².